The number of para-hydroxylation sites is 1. The Balaban J connectivity index is 1.82. The summed E-state index contributed by atoms with van der Waals surface area (Å²) in [5.74, 6) is 0.225. The van der Waals surface area contributed by atoms with Crippen LogP contribution < -0.4 is 0 Å². The van der Waals surface area contributed by atoms with Crippen LogP contribution in [0.1, 0.15) is 43.5 Å². The third-order valence-corrected chi connectivity index (χ3v) is 4.59. The summed E-state index contributed by atoms with van der Waals surface area (Å²) in [6.07, 6.45) is 5.53. The minimum absolute atomic E-state index is 0.225. The summed E-state index contributed by atoms with van der Waals surface area (Å²) in [6, 6.07) is 9.02. The summed E-state index contributed by atoms with van der Waals surface area (Å²) in [6.45, 7) is 5.00. The third-order valence-electron chi connectivity index (χ3n) is 4.59. The first kappa shape index (κ1) is 13.4. The van der Waals surface area contributed by atoms with Gasteiger partial charge in [0.2, 0.25) is 0 Å². The van der Waals surface area contributed by atoms with Gasteiger partial charge < -0.3 is 4.98 Å². The van der Waals surface area contributed by atoms with Gasteiger partial charge in [-0.05, 0) is 32.8 Å². The van der Waals surface area contributed by atoms with Crippen LogP contribution in [0.5, 0.6) is 0 Å². The molecule has 2 unspecified atom stereocenters. The number of nitrogens with one attached hydrogen (secondary N) is 1. The molecular formula is C17H22N2O. The number of aromatic amines is 1. The van der Waals surface area contributed by atoms with Crippen molar-refractivity contribution in [2.75, 3.05) is 6.54 Å². The minimum atomic E-state index is 0.225. The highest BCUT2D eigenvalue weighted by Crippen LogP contribution is 2.24. The van der Waals surface area contributed by atoms with E-state index in [2.05, 4.69) is 23.7 Å². The second kappa shape index (κ2) is 5.41. The number of rotatable bonds is 3. The number of ketones is 1. The van der Waals surface area contributed by atoms with Crippen LogP contribution in [0.15, 0.2) is 30.5 Å². The third kappa shape index (κ3) is 2.38. The summed E-state index contributed by atoms with van der Waals surface area (Å²) < 4.78 is 0. The quantitative estimate of drug-likeness (QED) is 0.865. The Kier molecular flexibility index (Phi) is 3.62. The lowest BCUT2D eigenvalue weighted by atomic mass is 9.96. The molecule has 3 rings (SSSR count). The normalized spacial score (nSPS) is 24.1. The molecule has 3 nitrogen and oxygen atoms in total. The van der Waals surface area contributed by atoms with Gasteiger partial charge in [-0.1, -0.05) is 24.6 Å². The molecule has 2 atom stereocenters. The SMILES string of the molecule is CC1CCCC(C)N1CC(=O)c1c[nH]c2ccccc12. The van der Waals surface area contributed by atoms with Crippen molar-refractivity contribution in [2.24, 2.45) is 0 Å². The summed E-state index contributed by atoms with van der Waals surface area (Å²) in [4.78, 5) is 18.2. The average Bonchev–Trinajstić information content (AvgIpc) is 2.87. The molecule has 2 heterocycles. The van der Waals surface area contributed by atoms with Crippen molar-refractivity contribution >= 4 is 16.7 Å². The molecule has 2 aromatic rings. The fourth-order valence-corrected chi connectivity index (χ4v) is 3.34. The zero-order chi connectivity index (χ0) is 14.1. The molecule has 1 aromatic carbocycles. The maximum Gasteiger partial charge on any atom is 0.178 e. The zero-order valence-electron chi connectivity index (χ0n) is 12.2. The molecule has 1 aromatic heterocycles. The molecule has 106 valence electrons. The number of aromatic nitrogens is 1. The van der Waals surface area contributed by atoms with E-state index in [9.17, 15) is 4.79 Å². The number of Topliss-reactive ketones (excluding diaryl/α,β-unsaturated/α-hetero) is 1. The van der Waals surface area contributed by atoms with Gasteiger partial charge in [0.15, 0.2) is 5.78 Å². The van der Waals surface area contributed by atoms with E-state index in [0.717, 1.165) is 16.5 Å². The average molecular weight is 270 g/mol. The molecule has 0 bridgehead atoms. The Morgan fingerprint density at radius 1 is 1.25 bits per heavy atom. The summed E-state index contributed by atoms with van der Waals surface area (Å²) >= 11 is 0. The smallest absolute Gasteiger partial charge is 0.178 e. The van der Waals surface area contributed by atoms with E-state index < -0.39 is 0 Å². The van der Waals surface area contributed by atoms with Crippen molar-refractivity contribution in [1.29, 1.82) is 0 Å². The molecule has 0 amide bonds. The number of nitrogens with zero attached hydrogens (tertiary/aromatic N) is 1. The molecule has 0 saturated carbocycles. The van der Waals surface area contributed by atoms with Crippen LogP contribution >= 0.6 is 0 Å². The fourth-order valence-electron chi connectivity index (χ4n) is 3.34. The Bertz CT molecular complexity index is 606. The van der Waals surface area contributed by atoms with E-state index in [4.69, 9.17) is 0 Å². The highest BCUT2D eigenvalue weighted by Gasteiger charge is 2.27. The molecule has 0 radical (unpaired) electrons. The number of piperidine rings is 1. The van der Waals surface area contributed by atoms with Crippen molar-refractivity contribution in [3.8, 4) is 0 Å². The van der Waals surface area contributed by atoms with Crippen molar-refractivity contribution in [3.05, 3.63) is 36.0 Å². The number of H-pyrrole nitrogens is 1. The lowest BCUT2D eigenvalue weighted by Gasteiger charge is -2.38. The van der Waals surface area contributed by atoms with Gasteiger partial charge >= 0.3 is 0 Å². The first-order valence-electron chi connectivity index (χ1n) is 7.52. The Morgan fingerprint density at radius 3 is 2.70 bits per heavy atom. The highest BCUT2D eigenvalue weighted by molar-refractivity contribution is 6.08. The predicted molar refractivity (Wildman–Crippen MR) is 82.1 cm³/mol. The van der Waals surface area contributed by atoms with Gasteiger partial charge in [0.1, 0.15) is 0 Å². The van der Waals surface area contributed by atoms with E-state index in [1.807, 2.05) is 30.5 Å². The van der Waals surface area contributed by atoms with Gasteiger partial charge in [0, 0.05) is 34.7 Å². The Hall–Kier alpha value is -1.61. The summed E-state index contributed by atoms with van der Waals surface area (Å²) in [5.41, 5.74) is 1.86. The standard InChI is InChI=1S/C17H22N2O/c1-12-6-5-7-13(2)19(12)11-17(20)15-10-18-16-9-4-3-8-14(15)16/h3-4,8-10,12-13,18H,5-7,11H2,1-2H3. The molecule has 1 N–H and O–H groups in total. The predicted octanol–water partition coefficient (Wildman–Crippen LogP) is 3.61. The molecule has 20 heavy (non-hydrogen) atoms. The van der Waals surface area contributed by atoms with Crippen LogP contribution in [0.2, 0.25) is 0 Å². The van der Waals surface area contributed by atoms with Crippen LogP contribution in [0.4, 0.5) is 0 Å². The van der Waals surface area contributed by atoms with Crippen LogP contribution in [0.3, 0.4) is 0 Å². The van der Waals surface area contributed by atoms with Gasteiger partial charge in [0.05, 0.1) is 6.54 Å². The van der Waals surface area contributed by atoms with Gasteiger partial charge in [-0.15, -0.1) is 0 Å². The minimum Gasteiger partial charge on any atom is -0.360 e. The van der Waals surface area contributed by atoms with Crippen LogP contribution in [-0.4, -0.2) is 34.3 Å². The van der Waals surface area contributed by atoms with Gasteiger partial charge in [-0.2, -0.15) is 0 Å². The lowest BCUT2D eigenvalue weighted by Crippen LogP contribution is -2.46. The Morgan fingerprint density at radius 2 is 1.95 bits per heavy atom. The largest absolute Gasteiger partial charge is 0.360 e. The number of hydrogen-bond acceptors (Lipinski definition) is 2. The molecule has 0 spiro atoms. The molecule has 1 saturated heterocycles. The van der Waals surface area contributed by atoms with Crippen molar-refractivity contribution in [2.45, 2.75) is 45.2 Å². The molecule has 1 aliphatic heterocycles. The van der Waals surface area contributed by atoms with Crippen LogP contribution in [-0.2, 0) is 0 Å². The number of carbonyl (C=O) groups is 1. The van der Waals surface area contributed by atoms with E-state index in [-0.39, 0.29) is 5.78 Å². The number of hydrogen-bond donors (Lipinski definition) is 1. The maximum absolute atomic E-state index is 12.6. The van der Waals surface area contributed by atoms with Gasteiger partial charge in [-0.3, -0.25) is 9.69 Å². The number of benzene rings is 1. The topological polar surface area (TPSA) is 36.1 Å². The molecule has 0 aliphatic carbocycles. The maximum atomic E-state index is 12.6. The molecular weight excluding hydrogens is 248 g/mol. The first-order chi connectivity index (χ1) is 9.66. The van der Waals surface area contributed by atoms with E-state index in [1.165, 1.54) is 19.3 Å². The number of likely N-dealkylation sites (tertiary alicyclic amines) is 1. The zero-order valence-corrected chi connectivity index (χ0v) is 12.2. The second-order valence-corrected chi connectivity index (χ2v) is 5.97. The first-order valence-corrected chi connectivity index (χ1v) is 7.52. The summed E-state index contributed by atoms with van der Waals surface area (Å²) in [7, 11) is 0. The van der Waals surface area contributed by atoms with Crippen LogP contribution in [0, 0.1) is 0 Å². The summed E-state index contributed by atoms with van der Waals surface area (Å²) in [5, 5.41) is 1.04. The molecule has 1 aliphatic rings. The van der Waals surface area contributed by atoms with E-state index in [0.29, 0.717) is 18.6 Å². The fraction of sp³-hybridized carbons (Fsp3) is 0.471. The molecule has 1 fully saturated rings. The van der Waals surface area contributed by atoms with Gasteiger partial charge in [-0.25, -0.2) is 0 Å². The van der Waals surface area contributed by atoms with Crippen molar-refractivity contribution < 1.29 is 4.79 Å². The van der Waals surface area contributed by atoms with Gasteiger partial charge in [0.25, 0.3) is 0 Å². The Labute approximate surface area is 120 Å². The number of fused-ring (bicyclic) bond motifs is 1. The number of carbonyl (C=O) groups excluding carboxylic acids is 1. The van der Waals surface area contributed by atoms with Crippen molar-refractivity contribution in [3.63, 3.8) is 0 Å². The van der Waals surface area contributed by atoms with Crippen molar-refractivity contribution in [1.82, 2.24) is 9.88 Å². The second-order valence-electron chi connectivity index (χ2n) is 5.97. The van der Waals surface area contributed by atoms with Crippen LogP contribution in [0.25, 0.3) is 10.9 Å². The van der Waals surface area contributed by atoms with E-state index >= 15 is 0 Å². The lowest BCUT2D eigenvalue weighted by molar-refractivity contribution is 0.0736. The monoisotopic (exact) mass is 270 g/mol. The van der Waals surface area contributed by atoms with E-state index in [1.54, 1.807) is 0 Å². The molecule has 3 heteroatoms. The highest BCUT2D eigenvalue weighted by atomic mass is 16.1.